The van der Waals surface area contributed by atoms with E-state index in [1.54, 1.807) is 30.3 Å². The van der Waals surface area contributed by atoms with Crippen LogP contribution >= 0.6 is 34.8 Å². The van der Waals surface area contributed by atoms with E-state index in [-0.39, 0.29) is 12.3 Å². The molecule has 2 aromatic carbocycles. The highest BCUT2D eigenvalue weighted by atomic mass is 35.5. The molecule has 3 rings (SSSR count). The second kappa shape index (κ2) is 8.54. The Morgan fingerprint density at radius 3 is 2.65 bits per heavy atom. The minimum Gasteiger partial charge on any atom is -0.352 e. The van der Waals surface area contributed by atoms with Gasteiger partial charge in [0.05, 0.1) is 5.02 Å². The number of benzene rings is 2. The summed E-state index contributed by atoms with van der Waals surface area (Å²) in [7, 11) is 0. The van der Waals surface area contributed by atoms with Crippen molar-refractivity contribution in [3.05, 3.63) is 69.0 Å². The molecule has 0 fully saturated rings. The van der Waals surface area contributed by atoms with Gasteiger partial charge >= 0.3 is 0 Å². The van der Waals surface area contributed by atoms with E-state index in [9.17, 15) is 4.79 Å². The summed E-state index contributed by atoms with van der Waals surface area (Å²) >= 11 is 18.0. The third-order valence-corrected chi connectivity index (χ3v) is 4.56. The van der Waals surface area contributed by atoms with Gasteiger partial charge in [-0.25, -0.2) is 0 Å². The van der Waals surface area contributed by atoms with Gasteiger partial charge in [0.1, 0.15) is 0 Å². The lowest BCUT2D eigenvalue weighted by Crippen LogP contribution is -2.23. The van der Waals surface area contributed by atoms with Gasteiger partial charge < -0.3 is 9.84 Å². The molecule has 8 heteroatoms. The second-order valence-corrected chi connectivity index (χ2v) is 6.75. The van der Waals surface area contributed by atoms with E-state index in [0.29, 0.717) is 45.3 Å². The number of carbonyl (C=O) groups excluding carboxylic acids is 1. The molecule has 0 radical (unpaired) electrons. The molecule has 0 atom stereocenters. The molecule has 0 bridgehead atoms. The van der Waals surface area contributed by atoms with Gasteiger partial charge in [-0.1, -0.05) is 58.2 Å². The number of nitrogens with zero attached hydrogens (tertiary/aromatic N) is 2. The zero-order valence-electron chi connectivity index (χ0n) is 13.5. The van der Waals surface area contributed by atoms with E-state index in [4.69, 9.17) is 39.3 Å². The van der Waals surface area contributed by atoms with Crippen LogP contribution in [-0.2, 0) is 17.8 Å². The van der Waals surface area contributed by atoms with E-state index in [1.807, 2.05) is 12.1 Å². The molecule has 0 saturated carbocycles. The molecule has 1 heterocycles. The Kier molecular flexibility index (Phi) is 6.14. The summed E-state index contributed by atoms with van der Waals surface area (Å²) in [6, 6.07) is 12.4. The predicted molar refractivity (Wildman–Crippen MR) is 101 cm³/mol. The smallest absolute Gasteiger partial charge is 0.227 e. The number of aromatic nitrogens is 2. The molecule has 1 amide bonds. The highest BCUT2D eigenvalue weighted by Gasteiger charge is 2.13. The first-order chi connectivity index (χ1) is 12.5. The van der Waals surface area contributed by atoms with E-state index in [2.05, 4.69) is 15.5 Å². The van der Waals surface area contributed by atoms with Gasteiger partial charge in [0, 0.05) is 35.0 Å². The van der Waals surface area contributed by atoms with Crippen molar-refractivity contribution in [1.29, 1.82) is 0 Å². The van der Waals surface area contributed by atoms with Crippen LogP contribution < -0.4 is 5.32 Å². The molecule has 0 spiro atoms. The summed E-state index contributed by atoms with van der Waals surface area (Å²) in [6.07, 6.45) is 0.549. The summed E-state index contributed by atoms with van der Waals surface area (Å²) < 4.78 is 5.18. The second-order valence-electron chi connectivity index (χ2n) is 5.50. The summed E-state index contributed by atoms with van der Waals surface area (Å²) in [6.45, 7) is 0.323. The molecule has 0 unspecified atom stereocenters. The number of halogens is 3. The molecule has 0 aliphatic heterocycles. The summed E-state index contributed by atoms with van der Waals surface area (Å²) in [5.74, 6) is 0.632. The van der Waals surface area contributed by atoms with Gasteiger partial charge in [0.2, 0.25) is 17.6 Å². The van der Waals surface area contributed by atoms with Crippen LogP contribution in [0.4, 0.5) is 0 Å². The molecule has 0 aliphatic carbocycles. The summed E-state index contributed by atoms with van der Waals surface area (Å²) in [5, 5.41) is 8.31. The number of nitrogens with one attached hydrogen (secondary N) is 1. The maximum atomic E-state index is 12.0. The number of hydrogen-bond acceptors (Lipinski definition) is 4. The number of hydrogen-bond donors (Lipinski definition) is 1. The maximum Gasteiger partial charge on any atom is 0.227 e. The maximum absolute atomic E-state index is 12.0. The van der Waals surface area contributed by atoms with Crippen molar-refractivity contribution in [3.8, 4) is 11.4 Å². The van der Waals surface area contributed by atoms with E-state index >= 15 is 0 Å². The first-order valence-electron chi connectivity index (χ1n) is 7.81. The third kappa shape index (κ3) is 4.75. The topological polar surface area (TPSA) is 68.0 Å². The first kappa shape index (κ1) is 18.7. The summed E-state index contributed by atoms with van der Waals surface area (Å²) in [5.41, 5.74) is 1.48. The zero-order valence-corrected chi connectivity index (χ0v) is 15.8. The number of rotatable bonds is 6. The van der Waals surface area contributed by atoms with Crippen LogP contribution in [0.15, 0.2) is 47.0 Å². The van der Waals surface area contributed by atoms with Gasteiger partial charge in [-0.3, -0.25) is 4.79 Å². The number of amides is 1. The van der Waals surface area contributed by atoms with Crippen LogP contribution in [0.5, 0.6) is 0 Å². The molecule has 26 heavy (non-hydrogen) atoms. The Balaban J connectivity index is 1.53. The standard InChI is InChI=1S/C18H14Cl3N3O2/c19-12-6-5-11(15(21)9-12)10-22-16(25)7-8-17-23-18(24-26-17)13-3-1-2-4-14(13)20/h1-6,9H,7-8,10H2,(H,22,25). The molecule has 1 N–H and O–H groups in total. The largest absolute Gasteiger partial charge is 0.352 e. The SMILES string of the molecule is O=C(CCc1nc(-c2ccccc2Cl)no1)NCc1ccc(Cl)cc1Cl. The van der Waals surface area contributed by atoms with Crippen molar-refractivity contribution < 1.29 is 9.32 Å². The van der Waals surface area contributed by atoms with Crippen molar-refractivity contribution in [3.63, 3.8) is 0 Å². The Bertz CT molecular complexity index is 928. The van der Waals surface area contributed by atoms with Crippen molar-refractivity contribution in [1.82, 2.24) is 15.5 Å². The van der Waals surface area contributed by atoms with Gasteiger partial charge in [-0.2, -0.15) is 4.98 Å². The monoisotopic (exact) mass is 409 g/mol. The highest BCUT2D eigenvalue weighted by molar-refractivity contribution is 6.35. The van der Waals surface area contributed by atoms with Gasteiger partial charge in [0.25, 0.3) is 0 Å². The average molecular weight is 411 g/mol. The molecule has 1 aromatic heterocycles. The van der Waals surface area contributed by atoms with Gasteiger partial charge in [-0.15, -0.1) is 0 Å². The van der Waals surface area contributed by atoms with Crippen LogP contribution in [0, 0.1) is 0 Å². The molecular formula is C18H14Cl3N3O2. The minimum atomic E-state index is -0.145. The van der Waals surface area contributed by atoms with Crippen molar-refractivity contribution in [2.45, 2.75) is 19.4 Å². The zero-order chi connectivity index (χ0) is 18.5. The van der Waals surface area contributed by atoms with E-state index in [0.717, 1.165) is 5.56 Å². The lowest BCUT2D eigenvalue weighted by Gasteiger charge is -2.06. The average Bonchev–Trinajstić information content (AvgIpc) is 3.08. The number of aryl methyl sites for hydroxylation is 1. The summed E-state index contributed by atoms with van der Waals surface area (Å²) in [4.78, 5) is 16.3. The fraction of sp³-hybridized carbons (Fsp3) is 0.167. The van der Waals surface area contributed by atoms with Crippen LogP contribution in [0.3, 0.4) is 0 Å². The molecule has 5 nitrogen and oxygen atoms in total. The fourth-order valence-electron chi connectivity index (χ4n) is 2.28. The van der Waals surface area contributed by atoms with Gasteiger partial charge in [-0.05, 0) is 29.8 Å². The first-order valence-corrected chi connectivity index (χ1v) is 8.94. The van der Waals surface area contributed by atoms with Crippen molar-refractivity contribution in [2.75, 3.05) is 0 Å². The number of carbonyl (C=O) groups is 1. The lowest BCUT2D eigenvalue weighted by molar-refractivity contribution is -0.121. The fourth-order valence-corrected chi connectivity index (χ4v) is 2.97. The van der Waals surface area contributed by atoms with Crippen molar-refractivity contribution >= 4 is 40.7 Å². The van der Waals surface area contributed by atoms with Crippen LogP contribution in [0.2, 0.25) is 15.1 Å². The Morgan fingerprint density at radius 1 is 1.08 bits per heavy atom. The quantitative estimate of drug-likeness (QED) is 0.624. The molecule has 0 saturated heterocycles. The Morgan fingerprint density at radius 2 is 1.88 bits per heavy atom. The van der Waals surface area contributed by atoms with Crippen LogP contribution in [0.1, 0.15) is 17.9 Å². The normalized spacial score (nSPS) is 10.7. The van der Waals surface area contributed by atoms with Crippen molar-refractivity contribution in [2.24, 2.45) is 0 Å². The molecular weight excluding hydrogens is 397 g/mol. The Labute approximate surface area is 165 Å². The molecule has 3 aromatic rings. The highest BCUT2D eigenvalue weighted by Crippen LogP contribution is 2.25. The minimum absolute atomic E-state index is 0.145. The molecule has 0 aliphatic rings. The van der Waals surface area contributed by atoms with Gasteiger partial charge in [0.15, 0.2) is 0 Å². The lowest BCUT2D eigenvalue weighted by atomic mass is 10.2. The molecule has 134 valence electrons. The Hall–Kier alpha value is -2.08. The van der Waals surface area contributed by atoms with Crippen LogP contribution in [-0.4, -0.2) is 16.0 Å². The third-order valence-electron chi connectivity index (χ3n) is 3.64. The van der Waals surface area contributed by atoms with E-state index < -0.39 is 0 Å². The predicted octanol–water partition coefficient (Wildman–Crippen LogP) is 4.95. The van der Waals surface area contributed by atoms with Crippen LogP contribution in [0.25, 0.3) is 11.4 Å². The van der Waals surface area contributed by atoms with E-state index in [1.165, 1.54) is 0 Å².